The molecular formula is C17H21N5O2S. The fraction of sp³-hybridized carbons (Fsp3) is 0.412. The molecular weight excluding hydrogens is 338 g/mol. The van der Waals surface area contributed by atoms with Crippen LogP contribution < -0.4 is 10.6 Å². The van der Waals surface area contributed by atoms with Crippen LogP contribution in [0.15, 0.2) is 35.7 Å². The second-order valence-electron chi connectivity index (χ2n) is 6.24. The van der Waals surface area contributed by atoms with Gasteiger partial charge in [-0.15, -0.1) is 10.2 Å². The Morgan fingerprint density at radius 3 is 2.64 bits per heavy atom. The number of hydrogen-bond acceptors (Lipinski definition) is 5. The maximum Gasteiger partial charge on any atom is 0.251 e. The number of aryl methyl sites for hydroxylation is 1. The van der Waals surface area contributed by atoms with Gasteiger partial charge in [0.1, 0.15) is 6.33 Å². The minimum Gasteiger partial charge on any atom is -0.349 e. The minimum atomic E-state index is -0.132. The standard InChI is InChI=1S/C17H21N5O2S/c1-11(12-3-4-12)19-16(24)13-5-7-14(8-6-13)20-15(23)9-25-17-21-18-10-22(17)2/h5-8,10-12H,3-4,9H2,1-2H3,(H,19,24)(H,20,23). The molecule has 0 aliphatic heterocycles. The predicted molar refractivity (Wildman–Crippen MR) is 96.5 cm³/mol. The Bertz CT molecular complexity index is 755. The highest BCUT2D eigenvalue weighted by Gasteiger charge is 2.29. The molecule has 25 heavy (non-hydrogen) atoms. The van der Waals surface area contributed by atoms with Gasteiger partial charge in [-0.05, 0) is 49.9 Å². The molecule has 2 aromatic rings. The second kappa shape index (κ2) is 7.69. The number of benzene rings is 1. The molecule has 1 saturated carbocycles. The first kappa shape index (κ1) is 17.5. The molecule has 0 bridgehead atoms. The third-order valence-electron chi connectivity index (χ3n) is 4.12. The van der Waals surface area contributed by atoms with Gasteiger partial charge in [0, 0.05) is 24.3 Å². The SMILES string of the molecule is CC(NC(=O)c1ccc(NC(=O)CSc2nncn2C)cc1)C1CC1. The third kappa shape index (κ3) is 4.82. The molecule has 132 valence electrons. The van der Waals surface area contributed by atoms with Gasteiger partial charge in [-0.3, -0.25) is 9.59 Å². The zero-order valence-corrected chi connectivity index (χ0v) is 15.0. The van der Waals surface area contributed by atoms with Gasteiger partial charge in [-0.25, -0.2) is 0 Å². The first-order valence-corrected chi connectivity index (χ1v) is 9.19. The highest BCUT2D eigenvalue weighted by Crippen LogP contribution is 2.32. The van der Waals surface area contributed by atoms with Gasteiger partial charge in [-0.2, -0.15) is 0 Å². The van der Waals surface area contributed by atoms with Crippen LogP contribution in [0.4, 0.5) is 5.69 Å². The summed E-state index contributed by atoms with van der Waals surface area (Å²) >= 11 is 1.32. The summed E-state index contributed by atoms with van der Waals surface area (Å²) in [6, 6.07) is 7.13. The van der Waals surface area contributed by atoms with E-state index in [9.17, 15) is 9.59 Å². The van der Waals surface area contributed by atoms with Crippen LogP contribution >= 0.6 is 11.8 Å². The minimum absolute atomic E-state index is 0.0740. The number of thioether (sulfide) groups is 1. The summed E-state index contributed by atoms with van der Waals surface area (Å²) in [4.78, 5) is 24.2. The van der Waals surface area contributed by atoms with Gasteiger partial charge in [0.25, 0.3) is 5.91 Å². The molecule has 0 saturated heterocycles. The van der Waals surface area contributed by atoms with Gasteiger partial charge >= 0.3 is 0 Å². The molecule has 0 radical (unpaired) electrons. The molecule has 1 atom stereocenters. The van der Waals surface area contributed by atoms with E-state index in [1.807, 2.05) is 14.0 Å². The van der Waals surface area contributed by atoms with E-state index < -0.39 is 0 Å². The third-order valence-corrected chi connectivity index (χ3v) is 5.16. The number of nitrogens with one attached hydrogen (secondary N) is 2. The fourth-order valence-electron chi connectivity index (χ4n) is 2.44. The molecule has 1 aromatic carbocycles. The molecule has 1 unspecified atom stereocenters. The average molecular weight is 359 g/mol. The molecule has 3 rings (SSSR count). The molecule has 0 spiro atoms. The number of amides is 2. The topological polar surface area (TPSA) is 88.9 Å². The van der Waals surface area contributed by atoms with E-state index in [1.54, 1.807) is 35.2 Å². The number of anilines is 1. The Morgan fingerprint density at radius 1 is 1.32 bits per heavy atom. The van der Waals surface area contributed by atoms with Crippen LogP contribution in [0.2, 0.25) is 0 Å². The van der Waals surface area contributed by atoms with Crippen molar-refractivity contribution in [2.24, 2.45) is 13.0 Å². The maximum absolute atomic E-state index is 12.2. The van der Waals surface area contributed by atoms with Crippen molar-refractivity contribution in [3.8, 4) is 0 Å². The zero-order chi connectivity index (χ0) is 17.8. The number of hydrogen-bond donors (Lipinski definition) is 2. The lowest BCUT2D eigenvalue weighted by atomic mass is 10.1. The number of carbonyl (C=O) groups excluding carboxylic acids is 2. The van der Waals surface area contributed by atoms with Gasteiger partial charge in [0.05, 0.1) is 5.75 Å². The van der Waals surface area contributed by atoms with E-state index in [-0.39, 0.29) is 23.6 Å². The van der Waals surface area contributed by atoms with Crippen molar-refractivity contribution < 1.29 is 9.59 Å². The van der Waals surface area contributed by atoms with Crippen LogP contribution in [-0.4, -0.2) is 38.4 Å². The molecule has 1 heterocycles. The summed E-state index contributed by atoms with van der Waals surface area (Å²) < 4.78 is 1.76. The number of aromatic nitrogens is 3. The molecule has 1 aromatic heterocycles. The lowest BCUT2D eigenvalue weighted by Gasteiger charge is -2.13. The smallest absolute Gasteiger partial charge is 0.251 e. The average Bonchev–Trinajstić information content (AvgIpc) is 3.36. The summed E-state index contributed by atoms with van der Waals surface area (Å²) in [6.07, 6.45) is 3.98. The van der Waals surface area contributed by atoms with Crippen molar-refractivity contribution in [1.82, 2.24) is 20.1 Å². The van der Waals surface area contributed by atoms with Gasteiger partial charge in [0.2, 0.25) is 5.91 Å². The molecule has 2 N–H and O–H groups in total. The molecule has 1 aliphatic carbocycles. The maximum atomic E-state index is 12.2. The Hall–Kier alpha value is -2.35. The van der Waals surface area contributed by atoms with Crippen molar-refractivity contribution >= 4 is 29.3 Å². The Kier molecular flexibility index (Phi) is 5.37. The van der Waals surface area contributed by atoms with E-state index in [0.29, 0.717) is 22.3 Å². The summed E-state index contributed by atoms with van der Waals surface area (Å²) in [5.74, 6) is 0.657. The Labute approximate surface area is 150 Å². The largest absolute Gasteiger partial charge is 0.349 e. The van der Waals surface area contributed by atoms with E-state index >= 15 is 0 Å². The highest BCUT2D eigenvalue weighted by atomic mass is 32.2. The molecule has 8 heteroatoms. The van der Waals surface area contributed by atoms with Crippen LogP contribution in [0.3, 0.4) is 0 Å². The van der Waals surface area contributed by atoms with E-state index in [4.69, 9.17) is 0 Å². The van der Waals surface area contributed by atoms with Crippen LogP contribution in [0.1, 0.15) is 30.1 Å². The number of carbonyl (C=O) groups is 2. The van der Waals surface area contributed by atoms with E-state index in [2.05, 4.69) is 20.8 Å². The second-order valence-corrected chi connectivity index (χ2v) is 7.18. The normalized spacial score (nSPS) is 14.8. The first-order chi connectivity index (χ1) is 12.0. The van der Waals surface area contributed by atoms with Crippen molar-refractivity contribution in [2.45, 2.75) is 31.0 Å². The van der Waals surface area contributed by atoms with Crippen molar-refractivity contribution in [1.29, 1.82) is 0 Å². The monoisotopic (exact) mass is 359 g/mol. The van der Waals surface area contributed by atoms with Gasteiger partial charge in [0.15, 0.2) is 5.16 Å². The fourth-order valence-corrected chi connectivity index (χ4v) is 3.13. The number of nitrogens with zero attached hydrogens (tertiary/aromatic N) is 3. The van der Waals surface area contributed by atoms with E-state index in [0.717, 1.165) is 0 Å². The van der Waals surface area contributed by atoms with Gasteiger partial charge < -0.3 is 15.2 Å². The summed E-state index contributed by atoms with van der Waals surface area (Å²) in [6.45, 7) is 2.04. The lowest BCUT2D eigenvalue weighted by molar-refractivity contribution is -0.113. The summed E-state index contributed by atoms with van der Waals surface area (Å²) in [5.41, 5.74) is 1.26. The zero-order valence-electron chi connectivity index (χ0n) is 14.2. The van der Waals surface area contributed by atoms with Crippen molar-refractivity contribution in [3.05, 3.63) is 36.2 Å². The first-order valence-electron chi connectivity index (χ1n) is 8.20. The highest BCUT2D eigenvalue weighted by molar-refractivity contribution is 7.99. The Balaban J connectivity index is 1.48. The lowest BCUT2D eigenvalue weighted by Crippen LogP contribution is -2.33. The molecule has 7 nitrogen and oxygen atoms in total. The van der Waals surface area contributed by atoms with Crippen molar-refractivity contribution in [2.75, 3.05) is 11.1 Å². The number of rotatable bonds is 7. The van der Waals surface area contributed by atoms with Crippen molar-refractivity contribution in [3.63, 3.8) is 0 Å². The molecule has 2 amide bonds. The summed E-state index contributed by atoms with van der Waals surface area (Å²) in [7, 11) is 1.83. The van der Waals surface area contributed by atoms with Crippen LogP contribution in [-0.2, 0) is 11.8 Å². The van der Waals surface area contributed by atoms with E-state index in [1.165, 1.54) is 24.6 Å². The van der Waals surface area contributed by atoms with Crippen LogP contribution in [0.25, 0.3) is 0 Å². The molecule has 1 aliphatic rings. The van der Waals surface area contributed by atoms with Gasteiger partial charge in [-0.1, -0.05) is 11.8 Å². The summed E-state index contributed by atoms with van der Waals surface area (Å²) in [5, 5.41) is 14.2. The van der Waals surface area contributed by atoms with Crippen LogP contribution in [0, 0.1) is 5.92 Å². The Morgan fingerprint density at radius 2 is 2.04 bits per heavy atom. The predicted octanol–water partition coefficient (Wildman–Crippen LogP) is 2.07. The van der Waals surface area contributed by atoms with Crippen LogP contribution in [0.5, 0.6) is 0 Å². The quantitative estimate of drug-likeness (QED) is 0.739. The molecule has 1 fully saturated rings.